The zero-order valence-electron chi connectivity index (χ0n) is 15.9. The van der Waals surface area contributed by atoms with Crippen LogP contribution in [-0.4, -0.2) is 42.0 Å². The number of carbonyl (C=O) groups is 1. The highest BCUT2D eigenvalue weighted by molar-refractivity contribution is 6.30. The quantitative estimate of drug-likeness (QED) is 0.728. The molecule has 2 heterocycles. The van der Waals surface area contributed by atoms with Crippen molar-refractivity contribution in [1.29, 1.82) is 0 Å². The van der Waals surface area contributed by atoms with E-state index < -0.39 is 0 Å². The van der Waals surface area contributed by atoms with Crippen molar-refractivity contribution >= 4 is 28.4 Å². The van der Waals surface area contributed by atoms with Crippen LogP contribution in [0, 0.1) is 0 Å². The van der Waals surface area contributed by atoms with E-state index in [0.29, 0.717) is 18.1 Å². The molecule has 144 valence electrons. The third-order valence-electron chi connectivity index (χ3n) is 5.22. The summed E-state index contributed by atoms with van der Waals surface area (Å²) in [6, 6.07) is 15.6. The molecule has 1 aliphatic rings. The number of rotatable bonds is 4. The standard InChI is InChI=1S/C22H22ClN3O2/c1-14-22(27)24-9-10-26(14)13-17-11-16-5-8-19(28-2)12-20(16)25-21(17)15-3-6-18(23)7-4-15/h3-8,11-12,14H,9-10,13H2,1-2H3,(H,24,27)/t14-/m1/s1. The number of aromatic nitrogens is 1. The summed E-state index contributed by atoms with van der Waals surface area (Å²) in [5, 5.41) is 4.65. The lowest BCUT2D eigenvalue weighted by atomic mass is 10.0. The second-order valence-electron chi connectivity index (χ2n) is 7.00. The highest BCUT2D eigenvalue weighted by atomic mass is 35.5. The monoisotopic (exact) mass is 395 g/mol. The Morgan fingerprint density at radius 2 is 2.00 bits per heavy atom. The molecule has 3 aromatic rings. The van der Waals surface area contributed by atoms with Gasteiger partial charge in [0.2, 0.25) is 5.91 Å². The Kier molecular flexibility index (Phi) is 5.20. The minimum Gasteiger partial charge on any atom is -0.497 e. The molecular formula is C22H22ClN3O2. The smallest absolute Gasteiger partial charge is 0.237 e. The summed E-state index contributed by atoms with van der Waals surface area (Å²) in [6.45, 7) is 4.07. The first-order chi connectivity index (χ1) is 13.5. The molecule has 0 radical (unpaired) electrons. The van der Waals surface area contributed by atoms with Crippen LogP contribution in [0.4, 0.5) is 0 Å². The second kappa shape index (κ2) is 7.78. The lowest BCUT2D eigenvalue weighted by molar-refractivity contribution is -0.128. The number of benzene rings is 2. The summed E-state index contributed by atoms with van der Waals surface area (Å²) < 4.78 is 5.35. The van der Waals surface area contributed by atoms with Gasteiger partial charge in [-0.3, -0.25) is 9.69 Å². The van der Waals surface area contributed by atoms with E-state index in [-0.39, 0.29) is 11.9 Å². The van der Waals surface area contributed by atoms with Gasteiger partial charge in [0.05, 0.1) is 24.4 Å². The molecule has 5 nitrogen and oxygen atoms in total. The summed E-state index contributed by atoms with van der Waals surface area (Å²) in [4.78, 5) is 19.2. The van der Waals surface area contributed by atoms with E-state index in [4.69, 9.17) is 21.3 Å². The molecule has 1 atom stereocenters. The maximum atomic E-state index is 12.1. The minimum atomic E-state index is -0.168. The van der Waals surface area contributed by atoms with Gasteiger partial charge < -0.3 is 10.1 Å². The first kappa shape index (κ1) is 18.7. The largest absolute Gasteiger partial charge is 0.497 e. The third-order valence-corrected chi connectivity index (χ3v) is 5.47. The normalized spacial score (nSPS) is 17.5. The number of hydrogen-bond donors (Lipinski definition) is 1. The Hall–Kier alpha value is -2.63. The zero-order chi connectivity index (χ0) is 19.7. The van der Waals surface area contributed by atoms with Gasteiger partial charge in [0.1, 0.15) is 5.75 Å². The van der Waals surface area contributed by atoms with Crippen LogP contribution in [0.1, 0.15) is 12.5 Å². The fourth-order valence-electron chi connectivity index (χ4n) is 3.56. The zero-order valence-corrected chi connectivity index (χ0v) is 16.7. The predicted octanol–water partition coefficient (Wildman–Crippen LogP) is 3.88. The number of piperazine rings is 1. The van der Waals surface area contributed by atoms with Crippen LogP contribution in [0.3, 0.4) is 0 Å². The molecule has 1 aromatic heterocycles. The second-order valence-corrected chi connectivity index (χ2v) is 7.44. The van der Waals surface area contributed by atoms with E-state index in [9.17, 15) is 4.79 Å². The Morgan fingerprint density at radius 1 is 1.21 bits per heavy atom. The van der Waals surface area contributed by atoms with Gasteiger partial charge in [0, 0.05) is 41.7 Å². The molecule has 0 aliphatic carbocycles. The molecule has 1 fully saturated rings. The molecule has 0 bridgehead atoms. The summed E-state index contributed by atoms with van der Waals surface area (Å²) >= 11 is 6.07. The van der Waals surface area contributed by atoms with Crippen LogP contribution < -0.4 is 10.1 Å². The van der Waals surface area contributed by atoms with E-state index in [1.165, 1.54) is 0 Å². The van der Waals surface area contributed by atoms with Crippen molar-refractivity contribution < 1.29 is 9.53 Å². The first-order valence-electron chi connectivity index (χ1n) is 9.30. The number of carbonyl (C=O) groups excluding carboxylic acids is 1. The minimum absolute atomic E-state index is 0.0674. The van der Waals surface area contributed by atoms with E-state index in [0.717, 1.165) is 40.0 Å². The van der Waals surface area contributed by atoms with E-state index in [1.807, 2.05) is 49.4 Å². The molecule has 4 rings (SSSR count). The number of methoxy groups -OCH3 is 1. The Balaban J connectivity index is 1.81. The number of fused-ring (bicyclic) bond motifs is 1. The molecule has 6 heteroatoms. The molecule has 1 aliphatic heterocycles. The summed E-state index contributed by atoms with van der Waals surface area (Å²) in [5.41, 5.74) is 3.85. The fourth-order valence-corrected chi connectivity index (χ4v) is 3.69. The van der Waals surface area contributed by atoms with Crippen molar-refractivity contribution in [3.63, 3.8) is 0 Å². The molecule has 2 aromatic carbocycles. The van der Waals surface area contributed by atoms with Crippen LogP contribution >= 0.6 is 11.6 Å². The predicted molar refractivity (Wildman–Crippen MR) is 112 cm³/mol. The fraction of sp³-hybridized carbons (Fsp3) is 0.273. The molecule has 1 saturated heterocycles. The maximum Gasteiger partial charge on any atom is 0.237 e. The average molecular weight is 396 g/mol. The molecule has 0 spiro atoms. The maximum absolute atomic E-state index is 12.1. The third kappa shape index (κ3) is 3.68. The number of pyridine rings is 1. The summed E-state index contributed by atoms with van der Waals surface area (Å²) in [5.74, 6) is 0.842. The molecule has 0 saturated carbocycles. The number of ether oxygens (including phenoxy) is 1. The van der Waals surface area contributed by atoms with Gasteiger partial charge in [-0.1, -0.05) is 23.7 Å². The lowest BCUT2D eigenvalue weighted by Crippen LogP contribution is -2.53. The Labute approximate surface area is 169 Å². The molecule has 0 unspecified atom stereocenters. The highest BCUT2D eigenvalue weighted by Gasteiger charge is 2.26. The van der Waals surface area contributed by atoms with Gasteiger partial charge in [-0.25, -0.2) is 4.98 Å². The van der Waals surface area contributed by atoms with Gasteiger partial charge in [0.25, 0.3) is 0 Å². The van der Waals surface area contributed by atoms with Gasteiger partial charge >= 0.3 is 0 Å². The van der Waals surface area contributed by atoms with E-state index in [1.54, 1.807) is 7.11 Å². The number of hydrogen-bond acceptors (Lipinski definition) is 4. The van der Waals surface area contributed by atoms with Gasteiger partial charge in [-0.2, -0.15) is 0 Å². The highest BCUT2D eigenvalue weighted by Crippen LogP contribution is 2.30. The molecule has 1 amide bonds. The lowest BCUT2D eigenvalue weighted by Gasteiger charge is -2.33. The number of nitrogens with one attached hydrogen (secondary N) is 1. The number of halogens is 1. The van der Waals surface area contributed by atoms with E-state index in [2.05, 4.69) is 16.3 Å². The number of nitrogens with zero attached hydrogens (tertiary/aromatic N) is 2. The molecule has 28 heavy (non-hydrogen) atoms. The van der Waals surface area contributed by atoms with Crippen LogP contribution in [0.5, 0.6) is 5.75 Å². The van der Waals surface area contributed by atoms with E-state index >= 15 is 0 Å². The first-order valence-corrected chi connectivity index (χ1v) is 9.68. The Bertz CT molecular complexity index is 1020. The van der Waals surface area contributed by atoms with Gasteiger partial charge in [-0.15, -0.1) is 0 Å². The van der Waals surface area contributed by atoms with Crippen LogP contribution in [0.15, 0.2) is 48.5 Å². The van der Waals surface area contributed by atoms with Crippen LogP contribution in [0.25, 0.3) is 22.2 Å². The SMILES string of the molecule is COc1ccc2cc(CN3CCNC(=O)[C@H]3C)c(-c3ccc(Cl)cc3)nc2c1. The topological polar surface area (TPSA) is 54.5 Å². The van der Waals surface area contributed by atoms with Crippen molar-refractivity contribution in [2.45, 2.75) is 19.5 Å². The van der Waals surface area contributed by atoms with Gasteiger partial charge in [0.15, 0.2) is 0 Å². The molecular weight excluding hydrogens is 374 g/mol. The van der Waals surface area contributed by atoms with Crippen LogP contribution in [-0.2, 0) is 11.3 Å². The number of amides is 1. The summed E-state index contributed by atoms with van der Waals surface area (Å²) in [6.07, 6.45) is 0. The Morgan fingerprint density at radius 3 is 2.75 bits per heavy atom. The van der Waals surface area contributed by atoms with Crippen LogP contribution in [0.2, 0.25) is 5.02 Å². The average Bonchev–Trinajstić information content (AvgIpc) is 2.71. The van der Waals surface area contributed by atoms with Crippen molar-refractivity contribution in [3.05, 3.63) is 59.1 Å². The summed E-state index contributed by atoms with van der Waals surface area (Å²) in [7, 11) is 1.65. The van der Waals surface area contributed by atoms with Crippen molar-refractivity contribution in [3.8, 4) is 17.0 Å². The van der Waals surface area contributed by atoms with Crippen molar-refractivity contribution in [2.24, 2.45) is 0 Å². The molecule has 1 N–H and O–H groups in total. The van der Waals surface area contributed by atoms with Crippen molar-refractivity contribution in [2.75, 3.05) is 20.2 Å². The van der Waals surface area contributed by atoms with Gasteiger partial charge in [-0.05, 0) is 42.8 Å². The van der Waals surface area contributed by atoms with Crippen molar-refractivity contribution in [1.82, 2.24) is 15.2 Å².